The Bertz CT molecular complexity index is 1110. The summed E-state index contributed by atoms with van der Waals surface area (Å²) >= 11 is 0. The minimum atomic E-state index is -3.63. The van der Waals surface area contributed by atoms with E-state index in [2.05, 4.69) is 26.0 Å². The molecule has 4 amide bonds. The number of anilines is 4. The van der Waals surface area contributed by atoms with Gasteiger partial charge in [-0.2, -0.15) is 0 Å². The molecule has 0 heterocycles. The van der Waals surface area contributed by atoms with E-state index in [4.69, 9.17) is 0 Å². The predicted molar refractivity (Wildman–Crippen MR) is 119 cm³/mol. The number of benzene rings is 2. The molecule has 0 unspecified atom stereocenters. The van der Waals surface area contributed by atoms with Crippen molar-refractivity contribution < 1.29 is 22.8 Å². The molecule has 5 N–H and O–H groups in total. The molecule has 0 aromatic heterocycles. The molecular weight excluding hydrogens is 422 g/mol. The zero-order valence-corrected chi connectivity index (χ0v) is 17.8. The Morgan fingerprint density at radius 3 is 2.00 bits per heavy atom. The maximum atomic E-state index is 12.8. The summed E-state index contributed by atoms with van der Waals surface area (Å²) in [5.74, 6) is -0.908. The Balaban J connectivity index is 1.74. The van der Waals surface area contributed by atoms with E-state index in [0.29, 0.717) is 17.1 Å². The van der Waals surface area contributed by atoms with E-state index in [-0.39, 0.29) is 29.2 Å². The van der Waals surface area contributed by atoms with Crippen molar-refractivity contribution in [3.05, 3.63) is 48.0 Å². The highest BCUT2D eigenvalue weighted by atomic mass is 32.2. The standard InChI is InChI=1S/C20H23N5O5S/c1-12(26)21-16-9-10-18(25-31(2,29)30)17(11-16)19(27)22-13-3-5-14(6-4-13)23-20(28)24-15-7-8-15/h3-6,9-11,15,25H,7-8H2,1-2H3,(H,21,26)(H,22,27)(H2,23,24,28). The second-order valence-electron chi connectivity index (χ2n) is 7.22. The molecule has 0 saturated heterocycles. The molecule has 0 radical (unpaired) electrons. The number of rotatable bonds is 7. The maximum absolute atomic E-state index is 12.8. The van der Waals surface area contributed by atoms with Crippen LogP contribution in [0.3, 0.4) is 0 Å². The van der Waals surface area contributed by atoms with Crippen LogP contribution in [0.15, 0.2) is 42.5 Å². The van der Waals surface area contributed by atoms with Gasteiger partial charge in [-0.15, -0.1) is 0 Å². The lowest BCUT2D eigenvalue weighted by atomic mass is 10.1. The first-order valence-electron chi connectivity index (χ1n) is 9.47. The van der Waals surface area contributed by atoms with Crippen LogP contribution >= 0.6 is 0 Å². The summed E-state index contributed by atoms with van der Waals surface area (Å²) in [6.07, 6.45) is 2.94. The SMILES string of the molecule is CC(=O)Nc1ccc(NS(C)(=O)=O)c(C(=O)Nc2ccc(NC(=O)NC3CC3)cc2)c1. The summed E-state index contributed by atoms with van der Waals surface area (Å²) in [5.41, 5.74) is 1.45. The summed E-state index contributed by atoms with van der Waals surface area (Å²) in [6.45, 7) is 1.32. The lowest BCUT2D eigenvalue weighted by Gasteiger charge is -2.14. The molecule has 0 bridgehead atoms. The minimum absolute atomic E-state index is 0.0303. The van der Waals surface area contributed by atoms with E-state index in [0.717, 1.165) is 19.1 Å². The number of amides is 4. The van der Waals surface area contributed by atoms with Crippen LogP contribution in [0, 0.1) is 0 Å². The fourth-order valence-electron chi connectivity index (χ4n) is 2.72. The van der Waals surface area contributed by atoms with Gasteiger partial charge < -0.3 is 21.3 Å². The molecule has 31 heavy (non-hydrogen) atoms. The molecule has 1 fully saturated rings. The van der Waals surface area contributed by atoms with E-state index in [1.165, 1.54) is 25.1 Å². The lowest BCUT2D eigenvalue weighted by molar-refractivity contribution is -0.114. The Kier molecular flexibility index (Phi) is 6.44. The van der Waals surface area contributed by atoms with Gasteiger partial charge in [-0.3, -0.25) is 14.3 Å². The van der Waals surface area contributed by atoms with E-state index >= 15 is 0 Å². The topological polar surface area (TPSA) is 146 Å². The molecule has 1 aliphatic rings. The molecule has 10 nitrogen and oxygen atoms in total. The molecule has 2 aromatic carbocycles. The average molecular weight is 446 g/mol. The summed E-state index contributed by atoms with van der Waals surface area (Å²) in [4.78, 5) is 35.9. The number of hydrogen-bond donors (Lipinski definition) is 5. The highest BCUT2D eigenvalue weighted by Crippen LogP contribution is 2.24. The predicted octanol–water partition coefficient (Wildman–Crippen LogP) is 2.55. The van der Waals surface area contributed by atoms with Crippen LogP contribution in [0.2, 0.25) is 0 Å². The van der Waals surface area contributed by atoms with Gasteiger partial charge in [0, 0.05) is 30.0 Å². The second kappa shape index (κ2) is 9.04. The Hall–Kier alpha value is -3.60. The van der Waals surface area contributed by atoms with Crippen LogP contribution in [-0.2, 0) is 14.8 Å². The Labute approximate surface area is 179 Å². The fraction of sp³-hybridized carbons (Fsp3) is 0.250. The van der Waals surface area contributed by atoms with Crippen LogP contribution in [0.25, 0.3) is 0 Å². The first kappa shape index (κ1) is 22.1. The zero-order chi connectivity index (χ0) is 22.6. The van der Waals surface area contributed by atoms with Gasteiger partial charge in [-0.25, -0.2) is 13.2 Å². The number of hydrogen-bond acceptors (Lipinski definition) is 5. The van der Waals surface area contributed by atoms with Gasteiger partial charge in [0.2, 0.25) is 15.9 Å². The van der Waals surface area contributed by atoms with Gasteiger partial charge in [0.25, 0.3) is 5.91 Å². The lowest BCUT2D eigenvalue weighted by Crippen LogP contribution is -2.30. The smallest absolute Gasteiger partial charge is 0.319 e. The molecule has 0 aliphatic heterocycles. The van der Waals surface area contributed by atoms with E-state index in [9.17, 15) is 22.8 Å². The molecular formula is C20H23N5O5S. The average Bonchev–Trinajstić information content (AvgIpc) is 3.46. The van der Waals surface area contributed by atoms with Crippen molar-refractivity contribution in [2.45, 2.75) is 25.8 Å². The molecule has 1 aliphatic carbocycles. The van der Waals surface area contributed by atoms with Crippen molar-refractivity contribution in [2.75, 3.05) is 26.9 Å². The number of carbonyl (C=O) groups excluding carboxylic acids is 3. The number of urea groups is 1. The first-order chi connectivity index (χ1) is 14.6. The Morgan fingerprint density at radius 1 is 0.871 bits per heavy atom. The molecule has 11 heteroatoms. The van der Waals surface area contributed by atoms with Crippen molar-refractivity contribution in [3.63, 3.8) is 0 Å². The summed E-state index contributed by atoms with van der Waals surface area (Å²) < 4.78 is 25.6. The van der Waals surface area contributed by atoms with Gasteiger partial charge in [0.1, 0.15) is 0 Å². The van der Waals surface area contributed by atoms with Crippen LogP contribution < -0.4 is 26.0 Å². The van der Waals surface area contributed by atoms with E-state index in [1.54, 1.807) is 24.3 Å². The van der Waals surface area contributed by atoms with E-state index in [1.807, 2.05) is 0 Å². The van der Waals surface area contributed by atoms with Crippen molar-refractivity contribution in [1.29, 1.82) is 0 Å². The van der Waals surface area contributed by atoms with Crippen molar-refractivity contribution in [2.24, 2.45) is 0 Å². The molecule has 3 rings (SSSR count). The number of carbonyl (C=O) groups is 3. The summed E-state index contributed by atoms with van der Waals surface area (Å²) in [7, 11) is -3.63. The van der Waals surface area contributed by atoms with Crippen LogP contribution in [0.1, 0.15) is 30.1 Å². The highest BCUT2D eigenvalue weighted by molar-refractivity contribution is 7.92. The van der Waals surface area contributed by atoms with Crippen molar-refractivity contribution in [1.82, 2.24) is 5.32 Å². The maximum Gasteiger partial charge on any atom is 0.319 e. The van der Waals surface area contributed by atoms with Gasteiger partial charge in [-0.1, -0.05) is 0 Å². The Morgan fingerprint density at radius 2 is 1.45 bits per heavy atom. The molecule has 2 aromatic rings. The van der Waals surface area contributed by atoms with Crippen molar-refractivity contribution in [3.8, 4) is 0 Å². The number of sulfonamides is 1. The zero-order valence-electron chi connectivity index (χ0n) is 17.0. The van der Waals surface area contributed by atoms with Gasteiger partial charge in [-0.05, 0) is 55.3 Å². The molecule has 0 atom stereocenters. The second-order valence-corrected chi connectivity index (χ2v) is 8.97. The van der Waals surface area contributed by atoms with Gasteiger partial charge in [0.05, 0.1) is 17.5 Å². The molecule has 0 spiro atoms. The highest BCUT2D eigenvalue weighted by Gasteiger charge is 2.23. The van der Waals surface area contributed by atoms with Crippen LogP contribution in [0.5, 0.6) is 0 Å². The molecule has 164 valence electrons. The first-order valence-corrected chi connectivity index (χ1v) is 11.4. The molecule has 1 saturated carbocycles. The van der Waals surface area contributed by atoms with Gasteiger partial charge >= 0.3 is 6.03 Å². The minimum Gasteiger partial charge on any atom is -0.335 e. The fourth-order valence-corrected chi connectivity index (χ4v) is 3.29. The van der Waals surface area contributed by atoms with Crippen molar-refractivity contribution >= 4 is 50.6 Å². The van der Waals surface area contributed by atoms with Crippen LogP contribution in [-0.4, -0.2) is 38.6 Å². The van der Waals surface area contributed by atoms with E-state index < -0.39 is 15.9 Å². The third-order valence-corrected chi connectivity index (χ3v) is 4.78. The largest absolute Gasteiger partial charge is 0.335 e. The monoisotopic (exact) mass is 445 g/mol. The summed E-state index contributed by atoms with van der Waals surface area (Å²) in [5, 5.41) is 10.7. The van der Waals surface area contributed by atoms with Gasteiger partial charge in [0.15, 0.2) is 0 Å². The third-order valence-electron chi connectivity index (χ3n) is 4.19. The van der Waals surface area contributed by atoms with Crippen LogP contribution in [0.4, 0.5) is 27.5 Å². The third kappa shape index (κ3) is 7.00. The number of nitrogens with one attached hydrogen (secondary N) is 5. The quantitative estimate of drug-likeness (QED) is 0.445. The summed E-state index contributed by atoms with van der Waals surface area (Å²) in [6, 6.07) is 10.7. The normalized spacial score (nSPS) is 13.1.